The van der Waals surface area contributed by atoms with Crippen LogP contribution in [0.2, 0.25) is 0 Å². The van der Waals surface area contributed by atoms with Gasteiger partial charge in [0.15, 0.2) is 17.3 Å². The van der Waals surface area contributed by atoms with Crippen molar-refractivity contribution in [3.8, 4) is 11.5 Å². The minimum absolute atomic E-state index is 0.0185. The van der Waals surface area contributed by atoms with Crippen LogP contribution < -0.4 is 30.7 Å². The van der Waals surface area contributed by atoms with E-state index in [0.29, 0.717) is 29.6 Å². The minimum Gasteiger partial charge on any atom is -0.493 e. The van der Waals surface area contributed by atoms with Crippen LogP contribution in [0.3, 0.4) is 0 Å². The molecule has 17 nitrogen and oxygen atoms in total. The first-order valence-corrected chi connectivity index (χ1v) is 19.5. The lowest BCUT2D eigenvalue weighted by molar-refractivity contribution is -0.133. The molecule has 17 heteroatoms. The number of rotatable bonds is 9. The molecule has 1 aliphatic rings. The molecule has 4 heterocycles. The zero-order valence-corrected chi connectivity index (χ0v) is 33.8. The maximum Gasteiger partial charge on any atom is 0.272 e. The molecule has 310 valence electrons. The van der Waals surface area contributed by atoms with Crippen LogP contribution in [0.4, 0.5) is 0 Å². The highest BCUT2D eigenvalue weighted by atomic mass is 16.5. The molecule has 0 aliphatic carbocycles. The Kier molecular flexibility index (Phi) is 13.6. The lowest BCUT2D eigenvalue weighted by Gasteiger charge is -2.28. The van der Waals surface area contributed by atoms with Gasteiger partial charge >= 0.3 is 0 Å². The largest absolute Gasteiger partial charge is 0.493 e. The number of hydrogen-bond donors (Lipinski definition) is 5. The third-order valence-corrected chi connectivity index (χ3v) is 10.3. The Morgan fingerprint density at radius 3 is 2.44 bits per heavy atom. The van der Waals surface area contributed by atoms with Gasteiger partial charge in [0.05, 0.1) is 26.8 Å². The predicted molar refractivity (Wildman–Crippen MR) is 217 cm³/mol. The number of pyridine rings is 1. The van der Waals surface area contributed by atoms with Crippen LogP contribution in [0.1, 0.15) is 66.5 Å². The first-order valence-electron chi connectivity index (χ1n) is 19.5. The second-order valence-electron chi connectivity index (χ2n) is 14.5. The summed E-state index contributed by atoms with van der Waals surface area (Å²) in [6.45, 7) is 4.72. The monoisotopic (exact) mass is 806 g/mol. The van der Waals surface area contributed by atoms with Gasteiger partial charge < -0.3 is 40.6 Å². The number of amides is 5. The number of methoxy groups -OCH3 is 2. The predicted octanol–water partition coefficient (Wildman–Crippen LogP) is 2.47. The fourth-order valence-electron chi connectivity index (χ4n) is 6.98. The van der Waals surface area contributed by atoms with Crippen LogP contribution in [0.25, 0.3) is 10.9 Å². The highest BCUT2D eigenvalue weighted by molar-refractivity contribution is 5.97. The van der Waals surface area contributed by atoms with Gasteiger partial charge in [-0.15, -0.1) is 0 Å². The third-order valence-electron chi connectivity index (χ3n) is 10.3. The number of nitrogens with zero attached hydrogens (tertiary/aromatic N) is 5. The summed E-state index contributed by atoms with van der Waals surface area (Å²) in [5.41, 5.74) is 2.55. The Hall–Kier alpha value is -6.78. The molecule has 0 radical (unpaired) electrons. The molecule has 6 rings (SSSR count). The van der Waals surface area contributed by atoms with E-state index in [4.69, 9.17) is 14.5 Å². The smallest absolute Gasteiger partial charge is 0.272 e. The van der Waals surface area contributed by atoms with Gasteiger partial charge in [-0.2, -0.15) is 5.10 Å². The second-order valence-corrected chi connectivity index (χ2v) is 14.5. The topological polar surface area (TPSA) is 215 Å². The van der Waals surface area contributed by atoms with Crippen molar-refractivity contribution in [2.24, 2.45) is 5.92 Å². The van der Waals surface area contributed by atoms with Gasteiger partial charge in [-0.25, -0.2) is 9.67 Å². The van der Waals surface area contributed by atoms with Crippen molar-refractivity contribution in [1.82, 2.24) is 50.9 Å². The maximum atomic E-state index is 14.3. The van der Waals surface area contributed by atoms with Crippen molar-refractivity contribution in [3.63, 3.8) is 0 Å². The summed E-state index contributed by atoms with van der Waals surface area (Å²) < 4.78 is 12.3. The van der Waals surface area contributed by atoms with Crippen LogP contribution in [-0.2, 0) is 38.6 Å². The molecule has 0 unspecified atom stereocenters. The lowest BCUT2D eigenvalue weighted by Crippen LogP contribution is -2.57. The number of aromatic nitrogens is 5. The molecule has 0 spiro atoms. The Bertz CT molecular complexity index is 2290. The number of hydrogen-bond acceptors (Lipinski definition) is 10. The molecule has 2 aromatic carbocycles. The number of aromatic amines is 1. The van der Waals surface area contributed by atoms with Gasteiger partial charge in [-0.3, -0.25) is 29.0 Å². The molecule has 1 aliphatic heterocycles. The third kappa shape index (κ3) is 10.2. The minimum atomic E-state index is -1.13. The van der Waals surface area contributed by atoms with Gasteiger partial charge in [-0.1, -0.05) is 50.6 Å². The zero-order chi connectivity index (χ0) is 42.1. The Labute approximate surface area is 341 Å². The van der Waals surface area contributed by atoms with E-state index in [1.807, 2.05) is 50.2 Å². The second kappa shape index (κ2) is 19.1. The quantitative estimate of drug-likeness (QED) is 0.147. The molecular weight excluding hydrogens is 757 g/mol. The normalized spacial score (nSPS) is 19.0. The summed E-state index contributed by atoms with van der Waals surface area (Å²) in [5.74, 6) is -1.18. The number of benzene rings is 2. The first kappa shape index (κ1) is 41.8. The fraction of sp³-hybridized carbons (Fsp3) is 0.381. The van der Waals surface area contributed by atoms with Crippen LogP contribution in [0.15, 0.2) is 73.1 Å². The van der Waals surface area contributed by atoms with E-state index < -0.39 is 54.2 Å². The highest BCUT2D eigenvalue weighted by Gasteiger charge is 2.33. The number of carbonyl (C=O) groups is 5. The van der Waals surface area contributed by atoms with E-state index in [2.05, 4.69) is 36.3 Å². The highest BCUT2D eigenvalue weighted by Crippen LogP contribution is 2.28. The SMILES string of the molecule is CC[C@H](C)[C@@H]1NC(=O)[C@@H](Cc2c[nH]c3ccccc23)NC(=O)CN(C(=O)c2ccccn2)CCNC(=O)Cn2nc(Cc3ccc(OC)c(OC)c3)nc2[C@@H](C)NC1=O. The molecule has 0 saturated heterocycles. The first-order chi connectivity index (χ1) is 28.5. The van der Waals surface area contributed by atoms with Crippen molar-refractivity contribution in [2.75, 3.05) is 33.9 Å². The maximum absolute atomic E-state index is 14.3. The number of fused-ring (bicyclic) bond motifs is 2. The average Bonchev–Trinajstić information content (AvgIpc) is 3.84. The summed E-state index contributed by atoms with van der Waals surface area (Å²) in [6, 6.07) is 15.0. The zero-order valence-electron chi connectivity index (χ0n) is 33.8. The van der Waals surface area contributed by atoms with Crippen molar-refractivity contribution in [3.05, 3.63) is 102 Å². The molecule has 59 heavy (non-hydrogen) atoms. The van der Waals surface area contributed by atoms with Crippen molar-refractivity contribution in [2.45, 2.75) is 64.7 Å². The van der Waals surface area contributed by atoms with E-state index in [9.17, 15) is 24.0 Å². The van der Waals surface area contributed by atoms with E-state index in [0.717, 1.165) is 22.0 Å². The summed E-state index contributed by atoms with van der Waals surface area (Å²) in [7, 11) is 3.09. The van der Waals surface area contributed by atoms with Crippen LogP contribution in [0.5, 0.6) is 11.5 Å². The molecule has 0 fully saturated rings. The molecule has 4 atom stereocenters. The number of ether oxygens (including phenoxy) is 2. The summed E-state index contributed by atoms with van der Waals surface area (Å²) in [6.07, 6.45) is 4.16. The number of H-pyrrole nitrogens is 1. The number of para-hydroxylation sites is 1. The fourth-order valence-corrected chi connectivity index (χ4v) is 6.98. The van der Waals surface area contributed by atoms with Crippen LogP contribution in [0, 0.1) is 5.92 Å². The van der Waals surface area contributed by atoms with Crippen molar-refractivity contribution >= 4 is 40.4 Å². The molecule has 0 bridgehead atoms. The lowest BCUT2D eigenvalue weighted by atomic mass is 9.96. The standard InChI is InChI=1S/C42H50N10O7/c1-6-25(2)38-41(56)46-26(3)39-48-35(20-27-14-15-33(58-4)34(19-27)59-5)50-52(39)24-36(53)44-17-18-51(42(57)31-13-9-10-16-43-31)23-37(54)47-32(40(55)49-38)21-28-22-45-30-12-8-7-11-29(28)30/h7-16,19,22,25-26,32,38,45H,6,17-18,20-21,23-24H2,1-5H3,(H,44,53)(H,46,56)(H,47,54)(H,49,55)/t25-,26+,32+,38-/m0/s1. The molecular formula is C42H50N10O7. The van der Waals surface area contributed by atoms with Crippen LogP contribution in [-0.4, -0.2) is 105 Å². The number of nitrogens with one attached hydrogen (secondary N) is 5. The van der Waals surface area contributed by atoms with E-state index in [-0.39, 0.29) is 44.1 Å². The Morgan fingerprint density at radius 2 is 1.69 bits per heavy atom. The van der Waals surface area contributed by atoms with Gasteiger partial charge in [-0.05, 0) is 54.3 Å². The average molecular weight is 807 g/mol. The summed E-state index contributed by atoms with van der Waals surface area (Å²) in [4.78, 5) is 82.9. The van der Waals surface area contributed by atoms with Crippen LogP contribution >= 0.6 is 0 Å². The molecule has 3 aromatic heterocycles. The Morgan fingerprint density at radius 1 is 0.915 bits per heavy atom. The van der Waals surface area contributed by atoms with Gasteiger partial charge in [0, 0.05) is 49.2 Å². The molecule has 0 saturated carbocycles. The van der Waals surface area contributed by atoms with Gasteiger partial charge in [0.2, 0.25) is 23.6 Å². The summed E-state index contributed by atoms with van der Waals surface area (Å²) in [5, 5.41) is 17.1. The van der Waals surface area contributed by atoms with Crippen molar-refractivity contribution < 1.29 is 33.4 Å². The number of carbonyl (C=O) groups excluding carboxylic acids is 5. The molecule has 5 N–H and O–H groups in total. The van der Waals surface area contributed by atoms with E-state index in [1.165, 1.54) is 21.8 Å². The van der Waals surface area contributed by atoms with E-state index in [1.54, 1.807) is 45.5 Å². The molecule has 5 aromatic rings. The molecule has 5 amide bonds. The van der Waals surface area contributed by atoms with Gasteiger partial charge in [0.25, 0.3) is 5.91 Å². The van der Waals surface area contributed by atoms with Crippen molar-refractivity contribution in [1.29, 1.82) is 0 Å². The van der Waals surface area contributed by atoms with Gasteiger partial charge in [0.1, 0.15) is 30.1 Å². The van der Waals surface area contributed by atoms with E-state index >= 15 is 0 Å². The Balaban J connectivity index is 1.34. The summed E-state index contributed by atoms with van der Waals surface area (Å²) >= 11 is 0.